The predicted molar refractivity (Wildman–Crippen MR) is 64.4 cm³/mol. The number of hydrogen-bond acceptors (Lipinski definition) is 4. The average Bonchev–Trinajstić information content (AvgIpc) is 2.16. The van der Waals surface area contributed by atoms with Gasteiger partial charge < -0.3 is 0 Å². The quantitative estimate of drug-likeness (QED) is 0.521. The fourth-order valence-corrected chi connectivity index (χ4v) is 2.01. The van der Waals surface area contributed by atoms with Crippen molar-refractivity contribution >= 4 is 48.9 Å². The van der Waals surface area contributed by atoms with E-state index in [1.165, 1.54) is 12.1 Å². The summed E-state index contributed by atoms with van der Waals surface area (Å²) in [6, 6.07) is 3.62. The molecule has 0 bridgehead atoms. The number of benzene rings is 1. The second kappa shape index (κ2) is 4.98. The number of nitrogens with zero attached hydrogens (tertiary/aromatic N) is 1. The Kier molecular flexibility index (Phi) is 4.11. The molecule has 0 saturated heterocycles. The highest BCUT2D eigenvalue weighted by Gasteiger charge is 2.18. The lowest BCUT2D eigenvalue weighted by atomic mass is 10.3. The summed E-state index contributed by atoms with van der Waals surface area (Å²) in [6.45, 7) is 0. The summed E-state index contributed by atoms with van der Waals surface area (Å²) in [7, 11) is -3.64. The van der Waals surface area contributed by atoms with E-state index in [0.29, 0.717) is 0 Å². The molecule has 0 aliphatic heterocycles. The number of hydrogen-bond donors (Lipinski definition) is 1. The van der Waals surface area contributed by atoms with Gasteiger partial charge in [0.2, 0.25) is 10.0 Å². The molecular weight excluding hydrogens is 324 g/mol. The molecule has 0 saturated carbocycles. The van der Waals surface area contributed by atoms with Crippen molar-refractivity contribution in [2.24, 2.45) is 0 Å². The van der Waals surface area contributed by atoms with E-state index in [2.05, 4.69) is 20.7 Å². The van der Waals surface area contributed by atoms with E-state index in [0.717, 1.165) is 6.07 Å². The lowest BCUT2D eigenvalue weighted by Gasteiger charge is -2.06. The number of nitro benzene ring substituents is 1. The zero-order chi connectivity index (χ0) is 12.3. The Balaban J connectivity index is 3.21. The van der Waals surface area contributed by atoms with Crippen molar-refractivity contribution < 1.29 is 13.3 Å². The van der Waals surface area contributed by atoms with E-state index in [1.807, 2.05) is 0 Å². The molecule has 88 valence electrons. The number of nitro groups is 1. The molecule has 0 atom stereocenters. The Morgan fingerprint density at radius 2 is 2.12 bits per heavy atom. The monoisotopic (exact) mass is 328 g/mol. The Bertz CT molecular complexity index is 519. The lowest BCUT2D eigenvalue weighted by molar-refractivity contribution is -0.383. The molecular formula is C7H6BrClN2O4S. The third kappa shape index (κ3) is 3.32. The highest BCUT2D eigenvalue weighted by atomic mass is 79.9. The maximum Gasteiger partial charge on any atom is 0.293 e. The zero-order valence-corrected chi connectivity index (χ0v) is 10.8. The second-order valence-electron chi connectivity index (χ2n) is 2.74. The number of nitrogens with one attached hydrogen (secondary N) is 1. The molecule has 16 heavy (non-hydrogen) atoms. The Morgan fingerprint density at radius 1 is 1.50 bits per heavy atom. The molecule has 1 rings (SSSR count). The van der Waals surface area contributed by atoms with Crippen LogP contribution in [0.4, 0.5) is 11.4 Å². The van der Waals surface area contributed by atoms with Crippen molar-refractivity contribution in [3.05, 3.63) is 33.3 Å². The van der Waals surface area contributed by atoms with Crippen LogP contribution in [0.15, 0.2) is 18.2 Å². The van der Waals surface area contributed by atoms with Gasteiger partial charge in [-0.3, -0.25) is 14.8 Å². The van der Waals surface area contributed by atoms with Gasteiger partial charge in [0.05, 0.1) is 4.92 Å². The number of halogens is 2. The molecule has 0 fully saturated rings. The topological polar surface area (TPSA) is 89.3 Å². The van der Waals surface area contributed by atoms with E-state index < -0.39 is 14.9 Å². The van der Waals surface area contributed by atoms with Crippen molar-refractivity contribution in [2.75, 3.05) is 9.38 Å². The van der Waals surface area contributed by atoms with Crippen molar-refractivity contribution in [3.8, 4) is 0 Å². The van der Waals surface area contributed by atoms with Gasteiger partial charge in [-0.25, -0.2) is 8.42 Å². The van der Waals surface area contributed by atoms with Crippen LogP contribution in [0.2, 0.25) is 5.02 Å². The average molecular weight is 330 g/mol. The van der Waals surface area contributed by atoms with E-state index in [9.17, 15) is 18.5 Å². The summed E-state index contributed by atoms with van der Waals surface area (Å²) in [6.07, 6.45) is 0. The molecule has 6 nitrogen and oxygen atoms in total. The third-order valence-corrected chi connectivity index (χ3v) is 4.43. The van der Waals surface area contributed by atoms with Crippen LogP contribution in [0, 0.1) is 10.1 Å². The van der Waals surface area contributed by atoms with Gasteiger partial charge >= 0.3 is 0 Å². The highest BCUT2D eigenvalue weighted by molar-refractivity contribution is 9.10. The Morgan fingerprint density at radius 3 is 2.62 bits per heavy atom. The summed E-state index contributed by atoms with van der Waals surface area (Å²) in [5, 5.41) is 10.8. The molecule has 1 aromatic carbocycles. The molecule has 0 amide bonds. The van der Waals surface area contributed by atoms with Crippen LogP contribution in [0.3, 0.4) is 0 Å². The predicted octanol–water partition coefficient (Wildman–Crippen LogP) is 2.34. The molecule has 0 aliphatic rings. The number of sulfonamides is 1. The normalized spacial score (nSPS) is 11.1. The van der Waals surface area contributed by atoms with Crippen molar-refractivity contribution in [1.82, 2.24) is 0 Å². The maximum atomic E-state index is 11.2. The standard InChI is InChI=1S/C7H6BrClN2O4S/c8-4-16(14,15)10-6-3-5(9)1-2-7(6)11(12)13/h1-3,10H,4H2. The van der Waals surface area contributed by atoms with Crippen LogP contribution in [0.5, 0.6) is 0 Å². The fraction of sp³-hybridized carbons (Fsp3) is 0.143. The SMILES string of the molecule is O=[N+]([O-])c1ccc(Cl)cc1NS(=O)(=O)CBr. The third-order valence-electron chi connectivity index (χ3n) is 1.56. The van der Waals surface area contributed by atoms with E-state index in [1.54, 1.807) is 0 Å². The van der Waals surface area contributed by atoms with Gasteiger partial charge in [-0.1, -0.05) is 27.5 Å². The molecule has 1 N–H and O–H groups in total. The first-order valence-electron chi connectivity index (χ1n) is 3.86. The number of alkyl halides is 1. The molecule has 0 aromatic heterocycles. The first-order valence-corrected chi connectivity index (χ1v) is 7.01. The summed E-state index contributed by atoms with van der Waals surface area (Å²) in [5.41, 5.74) is -0.508. The Hall–Kier alpha value is -0.860. The van der Waals surface area contributed by atoms with Gasteiger partial charge in [-0.2, -0.15) is 0 Å². The molecule has 0 unspecified atom stereocenters. The summed E-state index contributed by atoms with van der Waals surface area (Å²) in [5.74, 6) is 0. The van der Waals surface area contributed by atoms with Crippen LogP contribution >= 0.6 is 27.5 Å². The zero-order valence-electron chi connectivity index (χ0n) is 7.68. The highest BCUT2D eigenvalue weighted by Crippen LogP contribution is 2.28. The van der Waals surface area contributed by atoms with Crippen LogP contribution in [-0.2, 0) is 10.0 Å². The second-order valence-corrected chi connectivity index (χ2v) is 6.21. The minimum Gasteiger partial charge on any atom is -0.276 e. The van der Waals surface area contributed by atoms with Crippen molar-refractivity contribution in [2.45, 2.75) is 0 Å². The van der Waals surface area contributed by atoms with Crippen LogP contribution in [-0.4, -0.2) is 18.0 Å². The molecule has 0 spiro atoms. The van der Waals surface area contributed by atoms with E-state index in [4.69, 9.17) is 11.6 Å². The van der Waals surface area contributed by atoms with Gasteiger partial charge in [-0.05, 0) is 12.1 Å². The van der Waals surface area contributed by atoms with Crippen LogP contribution in [0.25, 0.3) is 0 Å². The summed E-state index contributed by atoms with van der Waals surface area (Å²) < 4.78 is 24.2. The maximum absolute atomic E-state index is 11.2. The smallest absolute Gasteiger partial charge is 0.276 e. The summed E-state index contributed by atoms with van der Waals surface area (Å²) >= 11 is 8.38. The number of anilines is 1. The van der Waals surface area contributed by atoms with Gasteiger partial charge in [0, 0.05) is 11.1 Å². The molecule has 9 heteroatoms. The van der Waals surface area contributed by atoms with Crippen molar-refractivity contribution in [3.63, 3.8) is 0 Å². The largest absolute Gasteiger partial charge is 0.293 e. The minimum absolute atomic E-state index is 0.156. The fourth-order valence-electron chi connectivity index (χ4n) is 0.944. The summed E-state index contributed by atoms with van der Waals surface area (Å²) in [4.78, 5) is 9.93. The van der Waals surface area contributed by atoms with Crippen molar-refractivity contribution in [1.29, 1.82) is 0 Å². The lowest BCUT2D eigenvalue weighted by Crippen LogP contribution is -2.14. The van der Waals surface area contributed by atoms with Crippen LogP contribution in [0.1, 0.15) is 0 Å². The first kappa shape index (κ1) is 13.2. The van der Waals surface area contributed by atoms with Crippen LogP contribution < -0.4 is 4.72 Å². The van der Waals surface area contributed by atoms with Gasteiger partial charge in [-0.15, -0.1) is 0 Å². The van der Waals surface area contributed by atoms with E-state index >= 15 is 0 Å². The van der Waals surface area contributed by atoms with Gasteiger partial charge in [0.15, 0.2) is 0 Å². The minimum atomic E-state index is -3.64. The van der Waals surface area contributed by atoms with E-state index in [-0.39, 0.29) is 21.1 Å². The molecule has 0 heterocycles. The van der Waals surface area contributed by atoms with Gasteiger partial charge in [0.25, 0.3) is 5.69 Å². The molecule has 1 aromatic rings. The number of rotatable bonds is 4. The molecule has 0 radical (unpaired) electrons. The Labute approximate surface area is 105 Å². The molecule has 0 aliphatic carbocycles. The van der Waals surface area contributed by atoms with Gasteiger partial charge in [0.1, 0.15) is 10.3 Å². The first-order chi connectivity index (χ1) is 7.35.